The summed E-state index contributed by atoms with van der Waals surface area (Å²) in [4.78, 5) is 33.9. The van der Waals surface area contributed by atoms with Crippen LogP contribution in [0.4, 0.5) is 0 Å². The fourth-order valence-corrected chi connectivity index (χ4v) is 5.98. The number of ether oxygens (including phenoxy) is 1. The van der Waals surface area contributed by atoms with Gasteiger partial charge in [0.05, 0.1) is 13.2 Å². The molecule has 0 radical (unpaired) electrons. The Morgan fingerprint density at radius 2 is 1.06 bits per heavy atom. The number of phosphoric ester groups is 1. The number of nitrogens with one attached hydrogen (secondary N) is 1. The molecule has 10 heteroatoms. The number of hydrogen-bond acceptors (Lipinski definition) is 7. The number of unbranched alkanes of at least 4 members (excludes halogenated alkanes) is 13. The summed E-state index contributed by atoms with van der Waals surface area (Å²) in [5, 5.41) is 12.7. The molecule has 1 amide bonds. The molecular weight excluding hydrogens is 701 g/mol. The van der Waals surface area contributed by atoms with Crippen LogP contribution in [0.3, 0.4) is 0 Å². The first-order valence-corrected chi connectivity index (χ1v) is 22.4. The van der Waals surface area contributed by atoms with E-state index in [1.54, 1.807) is 0 Å². The standard InChI is InChI=1S/C44H76NO8P/c1-3-5-7-9-11-13-15-17-19-20-21-23-24-26-28-30-32-34-36-43(47)45-38-39-52-54(49,50)53-41-42(46)40-51-44(48)37-35-33-31-29-27-25-22-18-16-14-12-10-8-6-4-2/h6,8,12-15,18-20,22,27,29,42,46H,3-5,7,9-11,16-17,21,23-26,28,30-41H2,1-2H3,(H,45,47)(H,49,50)/b8-6-,14-12-,15-13-,20-19-,22-18-,29-27-. The van der Waals surface area contributed by atoms with Gasteiger partial charge in [-0.15, -0.1) is 0 Å². The normalized spacial score (nSPS) is 14.1. The van der Waals surface area contributed by atoms with Crippen molar-refractivity contribution in [2.24, 2.45) is 0 Å². The quantitative estimate of drug-likeness (QED) is 0.0244. The lowest BCUT2D eigenvalue weighted by Crippen LogP contribution is -2.27. The first-order chi connectivity index (χ1) is 26.3. The molecule has 54 heavy (non-hydrogen) atoms. The lowest BCUT2D eigenvalue weighted by molar-refractivity contribution is -0.147. The molecule has 0 rings (SSSR count). The van der Waals surface area contributed by atoms with Crippen molar-refractivity contribution in [3.63, 3.8) is 0 Å². The van der Waals surface area contributed by atoms with Crippen molar-refractivity contribution in [1.82, 2.24) is 5.32 Å². The second-order valence-electron chi connectivity index (χ2n) is 13.6. The summed E-state index contributed by atoms with van der Waals surface area (Å²) < 4.78 is 26.8. The van der Waals surface area contributed by atoms with Crippen molar-refractivity contribution in [3.05, 3.63) is 72.9 Å². The maximum atomic E-state index is 12.1. The van der Waals surface area contributed by atoms with Gasteiger partial charge in [0, 0.05) is 19.4 Å². The maximum Gasteiger partial charge on any atom is 0.472 e. The Hall–Kier alpha value is -2.55. The molecule has 0 aromatic carbocycles. The molecule has 9 nitrogen and oxygen atoms in total. The van der Waals surface area contributed by atoms with Crippen molar-refractivity contribution in [1.29, 1.82) is 0 Å². The Balaban J connectivity index is 3.68. The molecular formula is C44H76NO8P. The van der Waals surface area contributed by atoms with E-state index in [1.165, 1.54) is 57.8 Å². The van der Waals surface area contributed by atoms with E-state index in [4.69, 9.17) is 13.8 Å². The average molecular weight is 778 g/mol. The first-order valence-electron chi connectivity index (χ1n) is 20.9. The van der Waals surface area contributed by atoms with Gasteiger partial charge >= 0.3 is 13.8 Å². The molecule has 0 aliphatic carbocycles. The third-order valence-corrected chi connectivity index (χ3v) is 9.35. The zero-order valence-electron chi connectivity index (χ0n) is 33.9. The molecule has 0 aromatic rings. The number of carbonyl (C=O) groups is 2. The Labute approximate surface area is 329 Å². The number of rotatable bonds is 38. The van der Waals surface area contributed by atoms with E-state index in [-0.39, 0.29) is 32.1 Å². The van der Waals surface area contributed by atoms with Crippen LogP contribution in [-0.2, 0) is 27.9 Å². The highest BCUT2D eigenvalue weighted by Gasteiger charge is 2.23. The SMILES string of the molecule is CC/C=C\C/C=C\C/C=C\C/C=C\CCCCC(=O)OCC(O)COP(=O)(O)OCCNC(=O)CCCCCCCCC/C=C\C/C=C\CCCCCC. The van der Waals surface area contributed by atoms with E-state index >= 15 is 0 Å². The highest BCUT2D eigenvalue weighted by molar-refractivity contribution is 7.47. The number of hydrogen-bond donors (Lipinski definition) is 3. The molecule has 0 fully saturated rings. The van der Waals surface area contributed by atoms with E-state index in [1.807, 2.05) is 0 Å². The van der Waals surface area contributed by atoms with Gasteiger partial charge < -0.3 is 20.1 Å². The van der Waals surface area contributed by atoms with Crippen LogP contribution in [0.25, 0.3) is 0 Å². The van der Waals surface area contributed by atoms with Gasteiger partial charge in [-0.2, -0.15) is 0 Å². The van der Waals surface area contributed by atoms with Crippen LogP contribution in [0.15, 0.2) is 72.9 Å². The van der Waals surface area contributed by atoms with E-state index in [0.29, 0.717) is 12.8 Å². The molecule has 0 aliphatic heterocycles. The van der Waals surface area contributed by atoms with Crippen LogP contribution in [0, 0.1) is 0 Å². The summed E-state index contributed by atoms with van der Waals surface area (Å²) >= 11 is 0. The van der Waals surface area contributed by atoms with Crippen molar-refractivity contribution in [2.45, 2.75) is 168 Å². The van der Waals surface area contributed by atoms with E-state index < -0.39 is 26.5 Å². The molecule has 3 N–H and O–H groups in total. The van der Waals surface area contributed by atoms with Crippen LogP contribution in [-0.4, -0.2) is 54.3 Å². The molecule has 0 bridgehead atoms. The summed E-state index contributed by atoms with van der Waals surface area (Å²) in [6.07, 6.45) is 48.3. The molecule has 0 heterocycles. The number of phosphoric acid groups is 1. The summed E-state index contributed by atoms with van der Waals surface area (Å²) in [6, 6.07) is 0. The minimum absolute atomic E-state index is 0.0684. The van der Waals surface area contributed by atoms with Crippen LogP contribution in [0.5, 0.6) is 0 Å². The molecule has 2 atom stereocenters. The molecule has 0 aromatic heterocycles. The molecule has 0 aliphatic rings. The summed E-state index contributed by atoms with van der Waals surface area (Å²) in [5.74, 6) is -0.572. The van der Waals surface area contributed by atoms with E-state index in [9.17, 15) is 24.2 Å². The first kappa shape index (κ1) is 51.5. The second kappa shape index (κ2) is 40.1. The summed E-state index contributed by atoms with van der Waals surface area (Å²) in [7, 11) is -4.43. The predicted octanol–water partition coefficient (Wildman–Crippen LogP) is 11.5. The van der Waals surface area contributed by atoms with Gasteiger partial charge in [0.25, 0.3) is 0 Å². The Kier molecular flexibility index (Phi) is 38.2. The lowest BCUT2D eigenvalue weighted by Gasteiger charge is -2.15. The van der Waals surface area contributed by atoms with Crippen LogP contribution < -0.4 is 5.32 Å². The summed E-state index contributed by atoms with van der Waals surface area (Å²) in [5.41, 5.74) is 0. The van der Waals surface area contributed by atoms with E-state index in [0.717, 1.165) is 70.6 Å². The number of allylic oxidation sites excluding steroid dienone is 12. The molecule has 0 saturated carbocycles. The van der Waals surface area contributed by atoms with E-state index in [2.05, 4.69) is 92.1 Å². The zero-order valence-corrected chi connectivity index (χ0v) is 34.8. The number of esters is 1. The third kappa shape index (κ3) is 40.6. The number of carbonyl (C=O) groups excluding carboxylic acids is 2. The number of aliphatic hydroxyl groups excluding tert-OH is 1. The number of aliphatic hydroxyl groups is 1. The smallest absolute Gasteiger partial charge is 0.463 e. The van der Waals surface area contributed by atoms with Gasteiger partial charge in [-0.1, -0.05) is 138 Å². The fourth-order valence-electron chi connectivity index (χ4n) is 5.22. The minimum Gasteiger partial charge on any atom is -0.463 e. The fraction of sp³-hybridized carbons (Fsp3) is 0.682. The van der Waals surface area contributed by atoms with Crippen LogP contribution in [0.1, 0.15) is 162 Å². The van der Waals surface area contributed by atoms with Gasteiger partial charge in [-0.25, -0.2) is 4.57 Å². The maximum absolute atomic E-state index is 12.1. The molecule has 310 valence electrons. The highest BCUT2D eigenvalue weighted by atomic mass is 31.2. The van der Waals surface area contributed by atoms with Crippen molar-refractivity contribution in [2.75, 3.05) is 26.4 Å². The van der Waals surface area contributed by atoms with Crippen molar-refractivity contribution in [3.8, 4) is 0 Å². The summed E-state index contributed by atoms with van der Waals surface area (Å²) in [6.45, 7) is 3.35. The Morgan fingerprint density at radius 1 is 0.593 bits per heavy atom. The number of amides is 1. The Bertz CT molecular complexity index is 1110. The second-order valence-corrected chi connectivity index (χ2v) is 15.0. The zero-order chi connectivity index (χ0) is 39.6. The monoisotopic (exact) mass is 778 g/mol. The van der Waals surface area contributed by atoms with Crippen molar-refractivity contribution < 1.29 is 37.9 Å². The van der Waals surface area contributed by atoms with Crippen LogP contribution in [0.2, 0.25) is 0 Å². The van der Waals surface area contributed by atoms with Gasteiger partial charge in [-0.3, -0.25) is 18.6 Å². The van der Waals surface area contributed by atoms with Crippen molar-refractivity contribution >= 4 is 19.7 Å². The highest BCUT2D eigenvalue weighted by Crippen LogP contribution is 2.42. The largest absolute Gasteiger partial charge is 0.472 e. The topological polar surface area (TPSA) is 131 Å². The van der Waals surface area contributed by atoms with Gasteiger partial charge in [0.1, 0.15) is 12.7 Å². The van der Waals surface area contributed by atoms with Gasteiger partial charge in [0.2, 0.25) is 5.91 Å². The van der Waals surface area contributed by atoms with Crippen LogP contribution >= 0.6 is 7.82 Å². The molecule has 0 saturated heterocycles. The third-order valence-electron chi connectivity index (χ3n) is 8.37. The van der Waals surface area contributed by atoms with Gasteiger partial charge in [-0.05, 0) is 83.5 Å². The molecule has 2 unspecified atom stereocenters. The predicted molar refractivity (Wildman–Crippen MR) is 224 cm³/mol. The molecule has 0 spiro atoms. The average Bonchev–Trinajstić information content (AvgIpc) is 3.16. The minimum atomic E-state index is -4.43. The van der Waals surface area contributed by atoms with Gasteiger partial charge in [0.15, 0.2) is 0 Å². The lowest BCUT2D eigenvalue weighted by atomic mass is 10.1. The Morgan fingerprint density at radius 3 is 1.61 bits per heavy atom.